The highest BCUT2D eigenvalue weighted by Gasteiger charge is 2.18. The van der Waals surface area contributed by atoms with Crippen LogP contribution in [0.5, 0.6) is 0 Å². The maximum absolute atomic E-state index is 11.8. The summed E-state index contributed by atoms with van der Waals surface area (Å²) < 4.78 is 11.8. The van der Waals surface area contributed by atoms with Crippen molar-refractivity contribution >= 4 is 7.14 Å². The van der Waals surface area contributed by atoms with Crippen molar-refractivity contribution in [2.75, 3.05) is 40.0 Å². The third kappa shape index (κ3) is 4.53. The van der Waals surface area contributed by atoms with E-state index in [1.807, 2.05) is 21.1 Å². The van der Waals surface area contributed by atoms with Crippen LogP contribution in [0.3, 0.4) is 0 Å². The van der Waals surface area contributed by atoms with Gasteiger partial charge in [0.2, 0.25) is 0 Å². The highest BCUT2D eigenvalue weighted by molar-refractivity contribution is 7.63. The zero-order valence-corrected chi connectivity index (χ0v) is 8.37. The Morgan fingerprint density at radius 2 is 1.18 bits per heavy atom. The van der Waals surface area contributed by atoms with E-state index in [0.29, 0.717) is 18.9 Å². The van der Waals surface area contributed by atoms with Gasteiger partial charge in [0.25, 0.3) is 0 Å². The first kappa shape index (κ1) is 11.1. The first-order valence-corrected chi connectivity index (χ1v) is 5.95. The van der Waals surface area contributed by atoms with E-state index in [1.54, 1.807) is 0 Å². The van der Waals surface area contributed by atoms with E-state index in [4.69, 9.17) is 0 Å². The molecule has 0 aliphatic rings. The Balaban J connectivity index is 3.91. The van der Waals surface area contributed by atoms with Crippen LogP contribution >= 0.6 is 7.14 Å². The molecule has 0 saturated carbocycles. The minimum Gasteiger partial charge on any atom is -0.320 e. The predicted molar refractivity (Wildman–Crippen MR) is 49.4 cm³/mol. The van der Waals surface area contributed by atoms with Gasteiger partial charge in [0.15, 0.2) is 0 Å². The largest absolute Gasteiger partial charge is 0.320 e. The minimum absolute atomic E-state index is 0.592. The summed E-state index contributed by atoms with van der Waals surface area (Å²) in [6, 6.07) is 0. The van der Waals surface area contributed by atoms with Gasteiger partial charge in [-0.05, 0) is 21.1 Å². The first-order chi connectivity index (χ1) is 5.18. The second kappa shape index (κ2) is 5.72. The fourth-order valence-electron chi connectivity index (χ4n) is 1.03. The van der Waals surface area contributed by atoms with Gasteiger partial charge in [-0.25, -0.2) is 0 Å². The Kier molecular flexibility index (Phi) is 5.78. The Morgan fingerprint density at radius 1 is 0.909 bits per heavy atom. The van der Waals surface area contributed by atoms with Crippen LogP contribution in [0.4, 0.5) is 0 Å². The molecule has 0 radical (unpaired) electrons. The topological polar surface area (TPSA) is 53.2 Å². The van der Waals surface area contributed by atoms with Crippen LogP contribution in [0.2, 0.25) is 0 Å². The second-order valence-electron chi connectivity index (χ2n) is 2.59. The number of hydrogen-bond donors (Lipinski definition) is 3. The molecule has 0 aliphatic heterocycles. The van der Waals surface area contributed by atoms with E-state index in [1.165, 1.54) is 0 Å². The number of nitrogens with one attached hydrogen (secondary N) is 3. The summed E-state index contributed by atoms with van der Waals surface area (Å²) in [5, 5.41) is 8.80. The van der Waals surface area contributed by atoms with E-state index in [-0.39, 0.29) is 0 Å². The van der Waals surface area contributed by atoms with Crippen molar-refractivity contribution in [1.82, 2.24) is 16.0 Å². The Hall–Kier alpha value is 0.110. The molecule has 0 aromatic carbocycles. The molecule has 0 amide bonds. The van der Waals surface area contributed by atoms with Crippen molar-refractivity contribution in [1.29, 1.82) is 0 Å². The Labute approximate surface area is 68.5 Å². The average molecular weight is 179 g/mol. The quantitative estimate of drug-likeness (QED) is 0.498. The molecular formula is C6H18N3OP. The standard InChI is InChI=1S/C6H18N3OP/c1-7-4-11(10,5-8-2)6-9-3/h7-9H,4-6H2,1-3H3. The van der Waals surface area contributed by atoms with Gasteiger partial charge in [0.1, 0.15) is 7.14 Å². The van der Waals surface area contributed by atoms with Gasteiger partial charge in [-0.1, -0.05) is 0 Å². The third-order valence-corrected chi connectivity index (χ3v) is 4.02. The first-order valence-electron chi connectivity index (χ1n) is 3.69. The Morgan fingerprint density at radius 3 is 1.36 bits per heavy atom. The molecule has 0 aromatic rings. The van der Waals surface area contributed by atoms with Gasteiger partial charge in [0, 0.05) is 0 Å². The van der Waals surface area contributed by atoms with Crippen LogP contribution in [0.1, 0.15) is 0 Å². The lowest BCUT2D eigenvalue weighted by Crippen LogP contribution is -2.23. The van der Waals surface area contributed by atoms with Crippen LogP contribution < -0.4 is 16.0 Å². The summed E-state index contributed by atoms with van der Waals surface area (Å²) in [6.07, 6.45) is 1.78. The van der Waals surface area contributed by atoms with Crippen LogP contribution in [-0.2, 0) is 4.57 Å². The third-order valence-electron chi connectivity index (χ3n) is 1.34. The zero-order valence-electron chi connectivity index (χ0n) is 7.48. The molecule has 0 spiro atoms. The lowest BCUT2D eigenvalue weighted by molar-refractivity contribution is 0.565. The lowest BCUT2D eigenvalue weighted by atomic mass is 11.2. The van der Waals surface area contributed by atoms with Crippen molar-refractivity contribution in [3.63, 3.8) is 0 Å². The summed E-state index contributed by atoms with van der Waals surface area (Å²) in [7, 11) is 3.40. The van der Waals surface area contributed by atoms with Gasteiger partial charge in [0.05, 0.1) is 18.9 Å². The highest BCUT2D eigenvalue weighted by atomic mass is 31.2. The fourth-order valence-corrected chi connectivity index (χ4v) is 3.10. The van der Waals surface area contributed by atoms with Crippen LogP contribution in [-0.4, -0.2) is 40.0 Å². The molecular weight excluding hydrogens is 161 g/mol. The second-order valence-corrected chi connectivity index (χ2v) is 5.66. The lowest BCUT2D eigenvalue weighted by Gasteiger charge is -2.16. The molecule has 5 heteroatoms. The van der Waals surface area contributed by atoms with Crippen molar-refractivity contribution < 1.29 is 4.57 Å². The summed E-state index contributed by atoms with van der Waals surface area (Å²) in [5.41, 5.74) is 0. The number of rotatable bonds is 6. The molecule has 0 bridgehead atoms. The molecule has 0 atom stereocenters. The molecule has 11 heavy (non-hydrogen) atoms. The van der Waals surface area contributed by atoms with E-state index >= 15 is 0 Å². The van der Waals surface area contributed by atoms with Crippen molar-refractivity contribution in [2.24, 2.45) is 0 Å². The highest BCUT2D eigenvalue weighted by Crippen LogP contribution is 2.40. The molecule has 0 aromatic heterocycles. The van der Waals surface area contributed by atoms with Gasteiger partial charge < -0.3 is 20.5 Å². The van der Waals surface area contributed by atoms with Crippen molar-refractivity contribution in [3.8, 4) is 0 Å². The van der Waals surface area contributed by atoms with Gasteiger partial charge in [-0.3, -0.25) is 0 Å². The van der Waals surface area contributed by atoms with Crippen molar-refractivity contribution in [3.05, 3.63) is 0 Å². The molecule has 68 valence electrons. The molecule has 0 rings (SSSR count). The maximum Gasteiger partial charge on any atom is 0.127 e. The van der Waals surface area contributed by atoms with Gasteiger partial charge in [-0.2, -0.15) is 0 Å². The van der Waals surface area contributed by atoms with E-state index < -0.39 is 7.14 Å². The monoisotopic (exact) mass is 179 g/mol. The normalized spacial score (nSPS) is 11.9. The van der Waals surface area contributed by atoms with Crippen molar-refractivity contribution in [2.45, 2.75) is 0 Å². The smallest absolute Gasteiger partial charge is 0.127 e. The van der Waals surface area contributed by atoms with E-state index in [9.17, 15) is 4.57 Å². The van der Waals surface area contributed by atoms with Crippen LogP contribution in [0.15, 0.2) is 0 Å². The minimum atomic E-state index is -2.05. The average Bonchev–Trinajstić information content (AvgIpc) is 1.88. The number of hydrogen-bond acceptors (Lipinski definition) is 4. The Bertz CT molecular complexity index is 116. The summed E-state index contributed by atoms with van der Waals surface area (Å²) in [5.74, 6) is 0. The van der Waals surface area contributed by atoms with Gasteiger partial charge in [-0.15, -0.1) is 0 Å². The molecule has 0 aliphatic carbocycles. The molecule has 0 saturated heterocycles. The van der Waals surface area contributed by atoms with E-state index in [2.05, 4.69) is 16.0 Å². The molecule has 0 fully saturated rings. The molecule has 4 nitrogen and oxygen atoms in total. The molecule has 3 N–H and O–H groups in total. The SMILES string of the molecule is CNCP(=O)(CNC)CNC. The molecule has 0 heterocycles. The summed E-state index contributed by atoms with van der Waals surface area (Å²) in [6.45, 7) is 0. The van der Waals surface area contributed by atoms with Crippen LogP contribution in [0, 0.1) is 0 Å². The zero-order chi connectivity index (χ0) is 8.74. The summed E-state index contributed by atoms with van der Waals surface area (Å²) in [4.78, 5) is 0. The van der Waals surface area contributed by atoms with Gasteiger partial charge >= 0.3 is 0 Å². The molecule has 0 unspecified atom stereocenters. The summed E-state index contributed by atoms with van der Waals surface area (Å²) >= 11 is 0. The fraction of sp³-hybridized carbons (Fsp3) is 1.00. The van der Waals surface area contributed by atoms with Crippen LogP contribution in [0.25, 0.3) is 0 Å². The predicted octanol–water partition coefficient (Wildman–Crippen LogP) is -0.120. The van der Waals surface area contributed by atoms with E-state index in [0.717, 1.165) is 0 Å². The maximum atomic E-state index is 11.8.